The molecule has 1 aromatic rings. The molecule has 0 aliphatic heterocycles. The average molecular weight is 293 g/mol. The molecule has 0 saturated carbocycles. The van der Waals surface area contributed by atoms with E-state index in [-0.39, 0.29) is 11.3 Å². The van der Waals surface area contributed by atoms with E-state index in [4.69, 9.17) is 4.74 Å². The Morgan fingerprint density at radius 1 is 1.44 bits per heavy atom. The monoisotopic (exact) mass is 292 g/mol. The first kappa shape index (κ1) is 13.4. The van der Waals surface area contributed by atoms with Crippen LogP contribution in [0.1, 0.15) is 18.1 Å². The van der Waals surface area contributed by atoms with E-state index in [1.165, 1.54) is 25.3 Å². The zero-order valence-electron chi connectivity index (χ0n) is 8.86. The summed E-state index contributed by atoms with van der Waals surface area (Å²) in [6, 6.07) is 4.24. The predicted octanol–water partition coefficient (Wildman–Crippen LogP) is 2.01. The number of aliphatic hydroxyl groups excluding tert-OH is 2. The first-order valence-electron chi connectivity index (χ1n) is 4.86. The summed E-state index contributed by atoms with van der Waals surface area (Å²) in [6.45, 7) is 0. The quantitative estimate of drug-likeness (QED) is 0.817. The third-order valence-corrected chi connectivity index (χ3v) is 2.75. The minimum atomic E-state index is -1.15. The summed E-state index contributed by atoms with van der Waals surface area (Å²) in [7, 11) is 1.32. The van der Waals surface area contributed by atoms with Crippen LogP contribution in [0.2, 0.25) is 0 Å². The van der Waals surface area contributed by atoms with Gasteiger partial charge < -0.3 is 14.9 Å². The van der Waals surface area contributed by atoms with Crippen LogP contribution in [0.15, 0.2) is 18.2 Å². The first-order chi connectivity index (χ1) is 7.61. The molecule has 2 atom stereocenters. The fraction of sp³-hybridized carbons (Fsp3) is 0.455. The summed E-state index contributed by atoms with van der Waals surface area (Å²) < 4.78 is 18.2. The van der Waals surface area contributed by atoms with Gasteiger partial charge in [-0.15, -0.1) is 0 Å². The molecule has 0 aliphatic carbocycles. The van der Waals surface area contributed by atoms with Crippen molar-refractivity contribution in [3.63, 3.8) is 0 Å². The normalized spacial score (nSPS) is 14.6. The van der Waals surface area contributed by atoms with Crippen molar-refractivity contribution in [3.8, 4) is 5.75 Å². The largest absolute Gasteiger partial charge is 0.493 e. The van der Waals surface area contributed by atoms with Gasteiger partial charge in [0.1, 0.15) is 6.10 Å². The van der Waals surface area contributed by atoms with E-state index in [0.717, 1.165) is 0 Å². The number of methoxy groups -OCH3 is 1. The first-order valence-corrected chi connectivity index (χ1v) is 5.98. The standard InChI is InChI=1S/C11H14BrFO3/c1-16-11-7(3-2-4-8(11)13)10(15)9(14)5-6-12/h2-4,9-10,14-15H,5-6H2,1H3. The maximum atomic E-state index is 13.3. The van der Waals surface area contributed by atoms with Gasteiger partial charge >= 0.3 is 0 Å². The van der Waals surface area contributed by atoms with Crippen LogP contribution in [0.5, 0.6) is 5.75 Å². The van der Waals surface area contributed by atoms with Gasteiger partial charge in [-0.1, -0.05) is 28.1 Å². The smallest absolute Gasteiger partial charge is 0.165 e. The topological polar surface area (TPSA) is 49.7 Å². The minimum absolute atomic E-state index is 0.0244. The van der Waals surface area contributed by atoms with Gasteiger partial charge in [-0.05, 0) is 12.5 Å². The van der Waals surface area contributed by atoms with Crippen LogP contribution in [0.4, 0.5) is 4.39 Å². The molecule has 0 radical (unpaired) electrons. The van der Waals surface area contributed by atoms with Crippen LogP contribution < -0.4 is 4.74 Å². The zero-order chi connectivity index (χ0) is 12.1. The van der Waals surface area contributed by atoms with Crippen LogP contribution in [0, 0.1) is 5.82 Å². The van der Waals surface area contributed by atoms with Gasteiger partial charge in [0, 0.05) is 10.9 Å². The fourth-order valence-electron chi connectivity index (χ4n) is 1.45. The zero-order valence-corrected chi connectivity index (χ0v) is 10.4. The van der Waals surface area contributed by atoms with E-state index >= 15 is 0 Å². The third-order valence-electron chi connectivity index (χ3n) is 2.29. The van der Waals surface area contributed by atoms with Crippen molar-refractivity contribution < 1.29 is 19.3 Å². The maximum absolute atomic E-state index is 13.3. The van der Waals surface area contributed by atoms with Crippen molar-refractivity contribution >= 4 is 15.9 Å². The molecule has 0 heterocycles. The van der Waals surface area contributed by atoms with Gasteiger partial charge in [0.25, 0.3) is 0 Å². The predicted molar refractivity (Wildman–Crippen MR) is 62.3 cm³/mol. The van der Waals surface area contributed by atoms with E-state index < -0.39 is 18.0 Å². The molecule has 0 aromatic heterocycles. The molecule has 0 bridgehead atoms. The van der Waals surface area contributed by atoms with Gasteiger partial charge in [0.15, 0.2) is 11.6 Å². The Bertz CT molecular complexity index is 346. The number of rotatable bonds is 5. The summed E-state index contributed by atoms with van der Waals surface area (Å²) in [5.41, 5.74) is 0.260. The molecule has 1 aromatic carbocycles. The summed E-state index contributed by atoms with van der Waals surface area (Å²) in [5, 5.41) is 20.0. The molecule has 5 heteroatoms. The fourth-order valence-corrected chi connectivity index (χ4v) is 1.92. The Hall–Kier alpha value is -0.650. The van der Waals surface area contributed by atoms with Gasteiger partial charge in [-0.3, -0.25) is 0 Å². The molecule has 0 saturated heterocycles. The minimum Gasteiger partial charge on any atom is -0.493 e. The van der Waals surface area contributed by atoms with Crippen molar-refractivity contribution in [2.75, 3.05) is 12.4 Å². The summed E-state index contributed by atoms with van der Waals surface area (Å²) >= 11 is 3.16. The van der Waals surface area contributed by atoms with Crippen LogP contribution in [0.25, 0.3) is 0 Å². The Morgan fingerprint density at radius 2 is 2.12 bits per heavy atom. The summed E-state index contributed by atoms with van der Waals surface area (Å²) in [5.74, 6) is -0.575. The van der Waals surface area contributed by atoms with Crippen LogP contribution >= 0.6 is 15.9 Å². The Balaban J connectivity index is 2.98. The van der Waals surface area contributed by atoms with Crippen molar-refractivity contribution in [1.29, 1.82) is 0 Å². The number of alkyl halides is 1. The van der Waals surface area contributed by atoms with Gasteiger partial charge in [0.2, 0.25) is 0 Å². The van der Waals surface area contributed by atoms with Crippen molar-refractivity contribution in [1.82, 2.24) is 0 Å². The Labute approximate surface area is 102 Å². The molecule has 2 N–H and O–H groups in total. The molecule has 1 rings (SSSR count). The lowest BCUT2D eigenvalue weighted by molar-refractivity contribution is 0.0157. The van der Waals surface area contributed by atoms with Gasteiger partial charge in [-0.2, -0.15) is 0 Å². The highest BCUT2D eigenvalue weighted by molar-refractivity contribution is 9.09. The van der Waals surface area contributed by atoms with Crippen LogP contribution in [-0.2, 0) is 0 Å². The Morgan fingerprint density at radius 3 is 2.69 bits per heavy atom. The van der Waals surface area contributed by atoms with Crippen molar-refractivity contribution in [3.05, 3.63) is 29.6 Å². The maximum Gasteiger partial charge on any atom is 0.165 e. The van der Waals surface area contributed by atoms with Crippen LogP contribution in [-0.4, -0.2) is 28.8 Å². The lowest BCUT2D eigenvalue weighted by Crippen LogP contribution is -2.19. The number of hydrogen-bond acceptors (Lipinski definition) is 3. The second-order valence-electron chi connectivity index (χ2n) is 3.35. The lowest BCUT2D eigenvalue weighted by atomic mass is 10.0. The highest BCUT2D eigenvalue weighted by atomic mass is 79.9. The van der Waals surface area contributed by atoms with E-state index in [9.17, 15) is 14.6 Å². The molecule has 3 nitrogen and oxygen atoms in total. The SMILES string of the molecule is COc1c(F)cccc1C(O)C(O)CCBr. The second kappa shape index (κ2) is 6.18. The second-order valence-corrected chi connectivity index (χ2v) is 4.15. The van der Waals surface area contributed by atoms with E-state index in [1.807, 2.05) is 0 Å². The molecule has 0 spiro atoms. The lowest BCUT2D eigenvalue weighted by Gasteiger charge is -2.19. The number of ether oxygens (including phenoxy) is 1. The van der Waals surface area contributed by atoms with Gasteiger partial charge in [0.05, 0.1) is 13.2 Å². The molecular weight excluding hydrogens is 279 g/mol. The molecule has 2 unspecified atom stereocenters. The molecule has 0 aliphatic rings. The number of para-hydroxylation sites is 1. The Kier molecular flexibility index (Phi) is 5.18. The third kappa shape index (κ3) is 2.93. The number of halogens is 2. The van der Waals surface area contributed by atoms with Crippen LogP contribution in [0.3, 0.4) is 0 Å². The molecule has 0 fully saturated rings. The van der Waals surface area contributed by atoms with E-state index in [0.29, 0.717) is 11.8 Å². The number of hydrogen-bond donors (Lipinski definition) is 2. The average Bonchev–Trinajstić information content (AvgIpc) is 2.28. The van der Waals surface area contributed by atoms with E-state index in [1.54, 1.807) is 0 Å². The van der Waals surface area contributed by atoms with Gasteiger partial charge in [-0.25, -0.2) is 4.39 Å². The molecular formula is C11H14BrFO3. The van der Waals surface area contributed by atoms with Crippen molar-refractivity contribution in [2.45, 2.75) is 18.6 Å². The molecule has 0 amide bonds. The molecule has 90 valence electrons. The summed E-state index contributed by atoms with van der Waals surface area (Å²) in [6.07, 6.45) is -1.72. The molecule has 16 heavy (non-hydrogen) atoms. The highest BCUT2D eigenvalue weighted by Crippen LogP contribution is 2.30. The number of aliphatic hydroxyl groups is 2. The number of benzene rings is 1. The van der Waals surface area contributed by atoms with Crippen molar-refractivity contribution in [2.24, 2.45) is 0 Å². The summed E-state index contributed by atoms with van der Waals surface area (Å²) in [4.78, 5) is 0. The highest BCUT2D eigenvalue weighted by Gasteiger charge is 2.22. The van der Waals surface area contributed by atoms with E-state index in [2.05, 4.69) is 15.9 Å².